The highest BCUT2D eigenvalue weighted by Gasteiger charge is 2.11. The Balaban J connectivity index is 2.15. The van der Waals surface area contributed by atoms with Gasteiger partial charge in [-0.25, -0.2) is 4.79 Å². The van der Waals surface area contributed by atoms with Gasteiger partial charge in [0.25, 0.3) is 0 Å². The summed E-state index contributed by atoms with van der Waals surface area (Å²) in [4.78, 5) is 23.3. The number of carbonyl (C=O) groups excluding carboxylic acids is 1. The molecule has 0 aliphatic carbocycles. The third-order valence-electron chi connectivity index (χ3n) is 3.50. The molecule has 6 heteroatoms. The zero-order chi connectivity index (χ0) is 18.4. The van der Waals surface area contributed by atoms with Crippen LogP contribution in [0.3, 0.4) is 0 Å². The number of amides is 1. The lowest BCUT2D eigenvalue weighted by Gasteiger charge is -2.08. The van der Waals surface area contributed by atoms with E-state index in [1.54, 1.807) is 50.4 Å². The van der Waals surface area contributed by atoms with Crippen molar-refractivity contribution in [1.29, 1.82) is 0 Å². The van der Waals surface area contributed by atoms with Crippen molar-refractivity contribution in [3.8, 4) is 11.5 Å². The lowest BCUT2D eigenvalue weighted by atomic mass is 10.1. The molecule has 1 amide bonds. The fourth-order valence-corrected chi connectivity index (χ4v) is 2.25. The third-order valence-corrected chi connectivity index (χ3v) is 3.50. The molecule has 0 saturated heterocycles. The molecule has 0 spiro atoms. The van der Waals surface area contributed by atoms with Crippen molar-refractivity contribution in [3.63, 3.8) is 0 Å². The second-order valence-corrected chi connectivity index (χ2v) is 5.29. The first-order valence-electron chi connectivity index (χ1n) is 7.49. The van der Waals surface area contributed by atoms with Gasteiger partial charge in [0, 0.05) is 6.08 Å². The van der Waals surface area contributed by atoms with E-state index in [-0.39, 0.29) is 11.3 Å². The second-order valence-electron chi connectivity index (χ2n) is 5.29. The van der Waals surface area contributed by atoms with Gasteiger partial charge >= 0.3 is 5.97 Å². The fourth-order valence-electron chi connectivity index (χ4n) is 2.25. The van der Waals surface area contributed by atoms with Crippen LogP contribution in [0.5, 0.6) is 11.5 Å². The van der Waals surface area contributed by atoms with Crippen molar-refractivity contribution in [2.24, 2.45) is 0 Å². The summed E-state index contributed by atoms with van der Waals surface area (Å²) >= 11 is 0. The molecular weight excluding hydrogens is 322 g/mol. The van der Waals surface area contributed by atoms with Crippen LogP contribution < -0.4 is 14.8 Å². The lowest BCUT2D eigenvalue weighted by Crippen LogP contribution is -2.12. The smallest absolute Gasteiger partial charge is 0.337 e. The second kappa shape index (κ2) is 8.01. The van der Waals surface area contributed by atoms with Gasteiger partial charge < -0.3 is 19.9 Å². The van der Waals surface area contributed by atoms with Gasteiger partial charge in [-0.1, -0.05) is 17.7 Å². The summed E-state index contributed by atoms with van der Waals surface area (Å²) in [5.41, 5.74) is 1.85. The number of aromatic carboxylic acids is 1. The van der Waals surface area contributed by atoms with Crippen molar-refractivity contribution in [3.05, 3.63) is 59.2 Å². The quantitative estimate of drug-likeness (QED) is 0.787. The Hall–Kier alpha value is -3.28. The Kier molecular flexibility index (Phi) is 5.79. The van der Waals surface area contributed by atoms with E-state index in [0.717, 1.165) is 11.1 Å². The van der Waals surface area contributed by atoms with Gasteiger partial charge in [-0.2, -0.15) is 0 Å². The largest absolute Gasteiger partial charge is 0.493 e. The molecule has 0 aliphatic heterocycles. The Bertz CT molecular complexity index is 827. The van der Waals surface area contributed by atoms with Gasteiger partial charge in [0.2, 0.25) is 5.91 Å². The number of benzene rings is 2. The number of anilines is 1. The number of carboxylic acids is 1. The van der Waals surface area contributed by atoms with Crippen LogP contribution in [-0.2, 0) is 4.79 Å². The molecule has 2 N–H and O–H groups in total. The SMILES string of the molecule is COc1ccc(/C=C/C(=O)Nc2ccc(C)cc2C(=O)O)cc1OC. The molecule has 0 fully saturated rings. The molecule has 2 rings (SSSR count). The van der Waals surface area contributed by atoms with Gasteiger partial charge in [0.15, 0.2) is 11.5 Å². The van der Waals surface area contributed by atoms with Crippen LogP contribution in [0, 0.1) is 6.92 Å². The minimum absolute atomic E-state index is 0.0490. The number of ether oxygens (including phenoxy) is 2. The standard InChI is InChI=1S/C19H19NO5/c1-12-4-7-15(14(10-12)19(22)23)20-18(21)9-6-13-5-8-16(24-2)17(11-13)25-3/h4-11H,1-3H3,(H,20,21)(H,22,23)/b9-6+. The van der Waals surface area contributed by atoms with Crippen LogP contribution in [0.1, 0.15) is 21.5 Å². The molecule has 0 saturated carbocycles. The van der Waals surface area contributed by atoms with Crippen LogP contribution in [0.25, 0.3) is 6.08 Å². The summed E-state index contributed by atoms with van der Waals surface area (Å²) in [6, 6.07) is 10.1. The molecule has 0 atom stereocenters. The molecule has 0 bridgehead atoms. The maximum atomic E-state index is 12.1. The van der Waals surface area contributed by atoms with Gasteiger partial charge in [0.05, 0.1) is 25.5 Å². The van der Waals surface area contributed by atoms with Crippen LogP contribution in [0.2, 0.25) is 0 Å². The summed E-state index contributed by atoms with van der Waals surface area (Å²) in [6.07, 6.45) is 2.93. The van der Waals surface area contributed by atoms with Crippen LogP contribution in [0.15, 0.2) is 42.5 Å². The Morgan fingerprint density at radius 3 is 2.40 bits per heavy atom. The Morgan fingerprint density at radius 2 is 1.76 bits per heavy atom. The van der Waals surface area contributed by atoms with E-state index in [1.165, 1.54) is 19.3 Å². The number of carbonyl (C=O) groups is 2. The number of carboxylic acid groups (broad SMARTS) is 1. The average Bonchev–Trinajstić information content (AvgIpc) is 2.61. The molecule has 2 aromatic carbocycles. The van der Waals surface area contributed by atoms with Crippen molar-refractivity contribution in [2.45, 2.75) is 6.92 Å². The molecular formula is C19H19NO5. The van der Waals surface area contributed by atoms with E-state index in [2.05, 4.69) is 5.32 Å². The topological polar surface area (TPSA) is 84.9 Å². The zero-order valence-electron chi connectivity index (χ0n) is 14.2. The normalized spacial score (nSPS) is 10.5. The molecule has 2 aromatic rings. The maximum Gasteiger partial charge on any atom is 0.337 e. The minimum Gasteiger partial charge on any atom is -0.493 e. The van der Waals surface area contributed by atoms with Crippen molar-refractivity contribution >= 4 is 23.6 Å². The van der Waals surface area contributed by atoms with Gasteiger partial charge in [-0.05, 0) is 42.8 Å². The van der Waals surface area contributed by atoms with E-state index < -0.39 is 11.9 Å². The number of hydrogen-bond donors (Lipinski definition) is 2. The highest BCUT2D eigenvalue weighted by molar-refractivity contribution is 6.06. The number of hydrogen-bond acceptors (Lipinski definition) is 4. The summed E-state index contributed by atoms with van der Waals surface area (Å²) in [5.74, 6) is -0.379. The van der Waals surface area contributed by atoms with Crippen LogP contribution >= 0.6 is 0 Å². The molecule has 6 nitrogen and oxygen atoms in total. The molecule has 0 aliphatic rings. The van der Waals surface area contributed by atoms with E-state index in [9.17, 15) is 14.7 Å². The lowest BCUT2D eigenvalue weighted by molar-refractivity contribution is -0.111. The van der Waals surface area contributed by atoms with Crippen molar-refractivity contribution in [2.75, 3.05) is 19.5 Å². The first kappa shape index (κ1) is 18.1. The van der Waals surface area contributed by atoms with E-state index in [0.29, 0.717) is 11.5 Å². The number of nitrogens with one attached hydrogen (secondary N) is 1. The van der Waals surface area contributed by atoms with Crippen molar-refractivity contribution < 1.29 is 24.2 Å². The zero-order valence-corrected chi connectivity index (χ0v) is 14.2. The molecule has 0 radical (unpaired) electrons. The number of rotatable bonds is 6. The van der Waals surface area contributed by atoms with Gasteiger partial charge in [0.1, 0.15) is 0 Å². The number of aryl methyl sites for hydroxylation is 1. The molecule has 130 valence electrons. The predicted octanol–water partition coefficient (Wildman–Crippen LogP) is 3.36. The highest BCUT2D eigenvalue weighted by Crippen LogP contribution is 2.28. The highest BCUT2D eigenvalue weighted by atomic mass is 16.5. The maximum absolute atomic E-state index is 12.1. The summed E-state index contributed by atoms with van der Waals surface area (Å²) < 4.78 is 10.4. The summed E-state index contributed by atoms with van der Waals surface area (Å²) in [5, 5.41) is 11.8. The first-order valence-corrected chi connectivity index (χ1v) is 7.49. The molecule has 0 unspecified atom stereocenters. The summed E-state index contributed by atoms with van der Waals surface area (Å²) in [7, 11) is 3.07. The van der Waals surface area contributed by atoms with Gasteiger partial charge in [-0.15, -0.1) is 0 Å². The first-order chi connectivity index (χ1) is 11.9. The Morgan fingerprint density at radius 1 is 1.04 bits per heavy atom. The molecule has 0 heterocycles. The average molecular weight is 341 g/mol. The van der Waals surface area contributed by atoms with Gasteiger partial charge in [-0.3, -0.25) is 4.79 Å². The number of methoxy groups -OCH3 is 2. The van der Waals surface area contributed by atoms with Crippen molar-refractivity contribution in [1.82, 2.24) is 0 Å². The predicted molar refractivity (Wildman–Crippen MR) is 95.3 cm³/mol. The van der Waals surface area contributed by atoms with E-state index >= 15 is 0 Å². The van der Waals surface area contributed by atoms with Crippen LogP contribution in [-0.4, -0.2) is 31.2 Å². The van der Waals surface area contributed by atoms with E-state index in [1.807, 2.05) is 0 Å². The van der Waals surface area contributed by atoms with Crippen LogP contribution in [0.4, 0.5) is 5.69 Å². The third kappa shape index (κ3) is 4.60. The fraction of sp³-hybridized carbons (Fsp3) is 0.158. The summed E-state index contributed by atoms with van der Waals surface area (Å²) in [6.45, 7) is 1.79. The Labute approximate surface area is 145 Å². The van der Waals surface area contributed by atoms with E-state index in [4.69, 9.17) is 9.47 Å². The minimum atomic E-state index is -1.09. The monoisotopic (exact) mass is 341 g/mol. The molecule has 25 heavy (non-hydrogen) atoms. The molecule has 0 aromatic heterocycles.